The van der Waals surface area contributed by atoms with Gasteiger partial charge in [-0.2, -0.15) is 13.2 Å². The zero-order valence-electron chi connectivity index (χ0n) is 18.9. The van der Waals surface area contributed by atoms with E-state index in [-0.39, 0.29) is 43.0 Å². The lowest BCUT2D eigenvalue weighted by Gasteiger charge is -2.31. The normalized spacial score (nSPS) is 19.1. The summed E-state index contributed by atoms with van der Waals surface area (Å²) in [6.45, 7) is 1.40. The number of ether oxygens (including phenoxy) is 1. The van der Waals surface area contributed by atoms with Gasteiger partial charge in [-0.3, -0.25) is 4.79 Å². The third kappa shape index (κ3) is 10.8. The van der Waals surface area contributed by atoms with Gasteiger partial charge >= 0.3 is 6.18 Å². The zero-order chi connectivity index (χ0) is 22.9. The second-order valence-electron chi connectivity index (χ2n) is 8.24. The van der Waals surface area contributed by atoms with Crippen molar-refractivity contribution in [2.45, 2.75) is 58.0 Å². The molecule has 0 bridgehead atoms. The molecule has 1 aromatic carbocycles. The summed E-state index contributed by atoms with van der Waals surface area (Å²) in [5, 5.41) is 6.58. The van der Waals surface area contributed by atoms with Gasteiger partial charge in [0.1, 0.15) is 6.61 Å². The average molecular weight is 570 g/mol. The molecule has 0 saturated heterocycles. The number of guanidine groups is 1. The molecular weight excluding hydrogens is 536 g/mol. The summed E-state index contributed by atoms with van der Waals surface area (Å²) in [5.41, 5.74) is 1.58. The Morgan fingerprint density at radius 1 is 1.16 bits per heavy atom. The lowest BCUT2D eigenvalue weighted by atomic mass is 9.86. The van der Waals surface area contributed by atoms with Crippen molar-refractivity contribution in [3.8, 4) is 0 Å². The minimum absolute atomic E-state index is 0. The van der Waals surface area contributed by atoms with Crippen molar-refractivity contribution >= 4 is 35.8 Å². The fourth-order valence-electron chi connectivity index (χ4n) is 3.37. The standard InChI is InChI=1S/C22H33F3N4O2.HI/c1-16-6-4-5-7-19(16)28-21(27-13-20(30)29(2)3)26-12-17-8-10-18(11-9-17)14-31-15-22(23,24)25;/h8-11,16,19H,4-7,12-15H2,1-3H3,(H2,26,27,28);1H. The van der Waals surface area contributed by atoms with Crippen LogP contribution in [-0.2, 0) is 22.7 Å². The maximum Gasteiger partial charge on any atom is 0.411 e. The highest BCUT2D eigenvalue weighted by Crippen LogP contribution is 2.23. The molecule has 1 aliphatic rings. The van der Waals surface area contributed by atoms with Gasteiger partial charge in [-0.25, -0.2) is 4.99 Å². The first-order valence-corrected chi connectivity index (χ1v) is 10.6. The molecule has 6 nitrogen and oxygen atoms in total. The number of carbonyl (C=O) groups excluding carboxylic acids is 1. The van der Waals surface area contributed by atoms with Crippen LogP contribution in [0.2, 0.25) is 0 Å². The molecular formula is C22H34F3IN4O2. The van der Waals surface area contributed by atoms with E-state index in [4.69, 9.17) is 0 Å². The number of rotatable bonds is 8. The van der Waals surface area contributed by atoms with Crippen LogP contribution >= 0.6 is 24.0 Å². The molecule has 0 spiro atoms. The summed E-state index contributed by atoms with van der Waals surface area (Å²) in [7, 11) is 3.41. The maximum absolute atomic E-state index is 12.2. The summed E-state index contributed by atoms with van der Waals surface area (Å²) >= 11 is 0. The number of hydrogen-bond acceptors (Lipinski definition) is 3. The van der Waals surface area contributed by atoms with E-state index < -0.39 is 12.8 Å². The second kappa shape index (κ2) is 13.9. The molecule has 32 heavy (non-hydrogen) atoms. The van der Waals surface area contributed by atoms with E-state index in [1.54, 1.807) is 26.2 Å². The van der Waals surface area contributed by atoms with Gasteiger partial charge in [0.25, 0.3) is 0 Å². The molecule has 1 amide bonds. The highest BCUT2D eigenvalue weighted by molar-refractivity contribution is 14.0. The van der Waals surface area contributed by atoms with Crippen LogP contribution in [0.5, 0.6) is 0 Å². The second-order valence-corrected chi connectivity index (χ2v) is 8.24. The topological polar surface area (TPSA) is 66.0 Å². The Bertz CT molecular complexity index is 727. The number of likely N-dealkylation sites (N-methyl/N-ethyl adjacent to an activating group) is 1. The summed E-state index contributed by atoms with van der Waals surface area (Å²) in [4.78, 5) is 18.1. The van der Waals surface area contributed by atoms with Crippen LogP contribution < -0.4 is 10.6 Å². The van der Waals surface area contributed by atoms with Crippen LogP contribution in [0.25, 0.3) is 0 Å². The van der Waals surface area contributed by atoms with Crippen molar-refractivity contribution < 1.29 is 22.7 Å². The minimum atomic E-state index is -4.32. The molecule has 2 rings (SSSR count). The molecule has 1 aliphatic carbocycles. The van der Waals surface area contributed by atoms with E-state index in [0.717, 1.165) is 12.0 Å². The largest absolute Gasteiger partial charge is 0.411 e. The third-order valence-electron chi connectivity index (χ3n) is 5.32. The van der Waals surface area contributed by atoms with Crippen molar-refractivity contribution in [2.24, 2.45) is 10.9 Å². The van der Waals surface area contributed by atoms with Crippen molar-refractivity contribution in [1.82, 2.24) is 15.5 Å². The quantitative estimate of drug-likeness (QED) is 0.281. The first-order valence-electron chi connectivity index (χ1n) is 10.6. The van der Waals surface area contributed by atoms with Crippen LogP contribution in [-0.4, -0.2) is 56.2 Å². The number of amides is 1. The predicted octanol–water partition coefficient (Wildman–Crippen LogP) is 4.09. The van der Waals surface area contributed by atoms with Crippen LogP contribution in [0.3, 0.4) is 0 Å². The average Bonchev–Trinajstić information content (AvgIpc) is 2.71. The Balaban J connectivity index is 0.00000512. The Morgan fingerprint density at radius 2 is 1.78 bits per heavy atom. The molecule has 182 valence electrons. The molecule has 2 atom stereocenters. The summed E-state index contributed by atoms with van der Waals surface area (Å²) in [6, 6.07) is 7.42. The zero-order valence-corrected chi connectivity index (χ0v) is 21.2. The number of benzene rings is 1. The molecule has 0 radical (unpaired) electrons. The van der Waals surface area contributed by atoms with Gasteiger partial charge in [0.2, 0.25) is 5.91 Å². The highest BCUT2D eigenvalue weighted by atomic mass is 127. The van der Waals surface area contributed by atoms with E-state index in [2.05, 4.69) is 27.3 Å². The number of nitrogens with one attached hydrogen (secondary N) is 2. The lowest BCUT2D eigenvalue weighted by molar-refractivity contribution is -0.176. The van der Waals surface area contributed by atoms with Crippen LogP contribution in [0.4, 0.5) is 13.2 Å². The lowest BCUT2D eigenvalue weighted by Crippen LogP contribution is -2.49. The first-order chi connectivity index (χ1) is 14.6. The molecule has 10 heteroatoms. The van der Waals surface area contributed by atoms with Crippen LogP contribution in [0, 0.1) is 5.92 Å². The molecule has 2 unspecified atom stereocenters. The number of aliphatic imine (C=N–C) groups is 1. The summed E-state index contributed by atoms with van der Waals surface area (Å²) < 4.78 is 41.2. The van der Waals surface area contributed by atoms with E-state index in [1.165, 1.54) is 24.2 Å². The monoisotopic (exact) mass is 570 g/mol. The van der Waals surface area contributed by atoms with Crippen molar-refractivity contribution in [1.29, 1.82) is 0 Å². The van der Waals surface area contributed by atoms with E-state index >= 15 is 0 Å². The molecule has 1 fully saturated rings. The third-order valence-corrected chi connectivity index (χ3v) is 5.32. The van der Waals surface area contributed by atoms with Gasteiger partial charge in [0.05, 0.1) is 19.7 Å². The fourth-order valence-corrected chi connectivity index (χ4v) is 3.37. The smallest absolute Gasteiger partial charge is 0.367 e. The Labute approximate surface area is 205 Å². The van der Waals surface area contributed by atoms with Crippen LogP contribution in [0.1, 0.15) is 43.7 Å². The van der Waals surface area contributed by atoms with E-state index in [0.29, 0.717) is 30.0 Å². The Hall–Kier alpha value is -1.56. The Kier molecular flexibility index (Phi) is 12.3. The molecule has 0 heterocycles. The van der Waals surface area contributed by atoms with Gasteiger partial charge in [-0.05, 0) is 29.9 Å². The fraction of sp³-hybridized carbons (Fsp3) is 0.636. The van der Waals surface area contributed by atoms with Crippen molar-refractivity contribution in [2.75, 3.05) is 27.2 Å². The van der Waals surface area contributed by atoms with E-state index in [1.807, 2.05) is 12.1 Å². The number of nitrogens with zero attached hydrogens (tertiary/aromatic N) is 2. The number of halogens is 4. The minimum Gasteiger partial charge on any atom is -0.367 e. The Morgan fingerprint density at radius 3 is 2.38 bits per heavy atom. The summed E-state index contributed by atoms with van der Waals surface area (Å²) in [6.07, 6.45) is 0.311. The van der Waals surface area contributed by atoms with Crippen molar-refractivity contribution in [3.05, 3.63) is 35.4 Å². The van der Waals surface area contributed by atoms with Gasteiger partial charge in [0, 0.05) is 20.1 Å². The first kappa shape index (κ1) is 28.5. The SMILES string of the molecule is CC1CCCCC1NC(=NCc1ccc(COCC(F)(F)F)cc1)NCC(=O)N(C)C.I. The van der Waals surface area contributed by atoms with Crippen LogP contribution in [0.15, 0.2) is 29.3 Å². The highest BCUT2D eigenvalue weighted by Gasteiger charge is 2.27. The van der Waals surface area contributed by atoms with Gasteiger partial charge in [-0.15, -0.1) is 24.0 Å². The molecule has 0 aromatic heterocycles. The number of alkyl halides is 3. The number of hydrogen-bond donors (Lipinski definition) is 2. The van der Waals surface area contributed by atoms with Crippen molar-refractivity contribution in [3.63, 3.8) is 0 Å². The van der Waals surface area contributed by atoms with E-state index in [9.17, 15) is 18.0 Å². The molecule has 0 aliphatic heterocycles. The summed E-state index contributed by atoms with van der Waals surface area (Å²) in [5.74, 6) is 1.07. The van der Waals surface area contributed by atoms with Gasteiger partial charge < -0.3 is 20.3 Å². The molecule has 2 N–H and O–H groups in total. The molecule has 1 saturated carbocycles. The van der Waals surface area contributed by atoms with Gasteiger partial charge in [-0.1, -0.05) is 44.0 Å². The maximum atomic E-state index is 12.2. The molecule has 1 aromatic rings. The van der Waals surface area contributed by atoms with Gasteiger partial charge in [0.15, 0.2) is 5.96 Å². The number of carbonyl (C=O) groups is 1. The predicted molar refractivity (Wildman–Crippen MR) is 130 cm³/mol.